The molecule has 9 aromatic carbocycles. The Kier molecular flexibility index (Phi) is 7.61. The van der Waals surface area contributed by atoms with Crippen LogP contribution < -0.4 is 4.74 Å². The van der Waals surface area contributed by atoms with Gasteiger partial charge in [-0.1, -0.05) is 32.4 Å². The van der Waals surface area contributed by atoms with Gasteiger partial charge in [0.05, 0.1) is 0 Å². The molecule has 0 saturated carbocycles. The van der Waals surface area contributed by atoms with Crippen molar-refractivity contribution in [3.8, 4) is 56.6 Å². The molecule has 4 heterocycles. The minimum absolute atomic E-state index is 0.115. The number of fused-ring (bicyclic) bond motifs is 7. The zero-order valence-electron chi connectivity index (χ0n) is 51.9. The van der Waals surface area contributed by atoms with Crippen LogP contribution in [0.15, 0.2) is 212 Å². The van der Waals surface area contributed by atoms with Gasteiger partial charge >= 0.3 is 382 Å². The van der Waals surface area contributed by atoms with Crippen molar-refractivity contribution in [3.05, 3.63) is 239 Å². The molecule has 0 fully saturated rings. The van der Waals surface area contributed by atoms with Crippen molar-refractivity contribution >= 4 is 54.6 Å². The fourth-order valence-electron chi connectivity index (χ4n) is 9.87. The minimum atomic E-state index is -2.35. The number of hydrogen-bond donors (Lipinski definition) is 0. The summed E-state index contributed by atoms with van der Waals surface area (Å²) in [4.78, 5) is 4.80. The molecule has 0 N–H and O–H groups in total. The Hall–Kier alpha value is -8.31. The van der Waals surface area contributed by atoms with E-state index in [4.69, 9.17) is 22.1 Å². The van der Waals surface area contributed by atoms with Gasteiger partial charge in [-0.2, -0.15) is 0 Å². The van der Waals surface area contributed by atoms with Gasteiger partial charge in [0.15, 0.2) is 0 Å². The second-order valence-electron chi connectivity index (χ2n) is 18.5. The van der Waals surface area contributed by atoms with Crippen LogP contribution in [-0.2, 0) is 24.8 Å². The average Bonchev–Trinajstić information content (AvgIpc) is 2.60. The van der Waals surface area contributed by atoms with Crippen molar-refractivity contribution < 1.29 is 41.9 Å². The molecule has 0 spiro atoms. The standard InChI is InChI=1S/C65H47N5O.Pt/c1-43-30-33-59-56(36-43)53-32-31-50(41-62(53)70(59)63-37-46(34-35-66-63)65(2,3)4)71-49-23-17-22-47(38-49)67-42-68(61-29-16-15-28-60(61)67)64-54(44-18-7-5-8-19-44)39-48(40-55(64)45-20-9-6-10-21-45)69-57-26-13-11-24-51(57)52-25-12-14-27-58(52)69;/h5-37,39-40H,1-4H3;/q-2;/i1D3,5D,6D,7D,8D,9D,10D,18D,19D,20D,21D;. The Labute approximate surface area is 447 Å². The molecule has 0 bridgehead atoms. The predicted octanol–water partition coefficient (Wildman–Crippen LogP) is 16.4. The van der Waals surface area contributed by atoms with Crippen LogP contribution in [0.5, 0.6) is 11.5 Å². The zero-order valence-corrected chi connectivity index (χ0v) is 41.2. The van der Waals surface area contributed by atoms with E-state index in [2.05, 4.69) is 52.3 Å². The molecule has 0 aliphatic rings. The van der Waals surface area contributed by atoms with E-state index in [1.807, 2.05) is 115 Å². The van der Waals surface area contributed by atoms with Crippen LogP contribution >= 0.6 is 0 Å². The van der Waals surface area contributed by atoms with E-state index >= 15 is 0 Å². The summed E-state index contributed by atoms with van der Waals surface area (Å²) in [6.45, 7) is 4.02. The second kappa shape index (κ2) is 17.2. The van der Waals surface area contributed by atoms with Gasteiger partial charge in [0, 0.05) is 10.3 Å². The van der Waals surface area contributed by atoms with E-state index in [0.717, 1.165) is 38.3 Å². The van der Waals surface area contributed by atoms with E-state index in [9.17, 15) is 5.48 Å². The molecular weight excluding hydrogens is 1060 g/mol. The average molecular weight is 1120 g/mol. The van der Waals surface area contributed by atoms with E-state index in [-0.39, 0.29) is 38.9 Å². The van der Waals surface area contributed by atoms with Crippen LogP contribution in [0, 0.1) is 22.8 Å². The molecule has 0 atom stereocenters. The SMILES string of the molecule is [2H]c1c([2H])c([2H])c(-c2cc(-n3c4ccccc4c4ccccc43)cc(-c3c([2H])c([2H])c([2H])c([2H])c3[2H])c2-n2[c](=[Pt])n(-c3[c-]c(Oc4[c-]c5c(cc4)c4cc(C([2H])([2H])[2H])ccc4n5-c4cc(C(C)(C)C)ccn4)ccc3)c3ccccc32)c([2H])c1[2H]. The number of aryl methyl sites for hydroxylation is 1. The van der Waals surface area contributed by atoms with Gasteiger partial charge in [-0.05, 0) is 23.9 Å². The van der Waals surface area contributed by atoms with Crippen LogP contribution in [-0.4, -0.2) is 23.3 Å². The Morgan fingerprint density at radius 3 is 1.81 bits per heavy atom. The molecule has 0 aliphatic carbocycles. The van der Waals surface area contributed by atoms with E-state index in [1.165, 1.54) is 0 Å². The second-order valence-corrected chi connectivity index (χ2v) is 19.5. The monoisotopic (exact) mass is 1120 g/mol. The summed E-state index contributed by atoms with van der Waals surface area (Å²) in [7, 11) is 0. The number of para-hydroxylation sites is 4. The van der Waals surface area contributed by atoms with Gasteiger partial charge in [0.2, 0.25) is 0 Å². The third-order valence-corrected chi connectivity index (χ3v) is 14.1. The van der Waals surface area contributed by atoms with Crippen molar-refractivity contribution in [3.63, 3.8) is 0 Å². The normalized spacial score (nSPS) is 14.7. The van der Waals surface area contributed by atoms with Crippen molar-refractivity contribution in [1.82, 2.24) is 23.3 Å². The summed E-state index contributed by atoms with van der Waals surface area (Å²) in [5.74, 6) is 1.23. The quantitative estimate of drug-likeness (QED) is 0.142. The zero-order chi connectivity index (χ0) is 59.9. The molecule has 0 aliphatic heterocycles. The van der Waals surface area contributed by atoms with Gasteiger partial charge < -0.3 is 0 Å². The van der Waals surface area contributed by atoms with Crippen molar-refractivity contribution in [2.75, 3.05) is 0 Å². The molecule has 0 amide bonds. The first-order chi connectivity index (χ1) is 40.5. The first-order valence-corrected chi connectivity index (χ1v) is 24.3. The van der Waals surface area contributed by atoms with Crippen molar-refractivity contribution in [2.45, 2.75) is 33.0 Å². The number of aromatic nitrogens is 5. The summed E-state index contributed by atoms with van der Waals surface area (Å²) >= 11 is 2.15. The summed E-state index contributed by atoms with van der Waals surface area (Å²) in [5, 5.41) is 3.24. The molecule has 72 heavy (non-hydrogen) atoms. The van der Waals surface area contributed by atoms with Crippen LogP contribution in [0.25, 0.3) is 99.8 Å². The molecule has 350 valence electrons. The Balaban J connectivity index is 1.06. The van der Waals surface area contributed by atoms with E-state index < -0.39 is 67.3 Å². The molecule has 0 radical (unpaired) electrons. The molecule has 6 nitrogen and oxygen atoms in total. The molecule has 13 rings (SSSR count). The summed E-state index contributed by atoms with van der Waals surface area (Å²) < 4.78 is 131. The number of imidazole rings is 1. The fourth-order valence-corrected chi connectivity index (χ4v) is 10.9. The first-order valence-electron chi connectivity index (χ1n) is 29.7. The molecule has 13 aromatic rings. The summed E-state index contributed by atoms with van der Waals surface area (Å²) in [5.41, 5.74) is 6.01. The number of pyridine rings is 1. The van der Waals surface area contributed by atoms with Crippen molar-refractivity contribution in [1.29, 1.82) is 0 Å². The number of hydrogen-bond acceptors (Lipinski definition) is 2. The maximum absolute atomic E-state index is 9.56. The maximum atomic E-state index is 9.56. The Morgan fingerprint density at radius 1 is 0.542 bits per heavy atom. The van der Waals surface area contributed by atoms with Crippen LogP contribution in [0.3, 0.4) is 0 Å². The topological polar surface area (TPSA) is 41.8 Å². The molecule has 0 saturated heterocycles. The Morgan fingerprint density at radius 2 is 1.15 bits per heavy atom. The van der Waals surface area contributed by atoms with E-state index in [0.29, 0.717) is 54.4 Å². The van der Waals surface area contributed by atoms with Crippen LogP contribution in [0.2, 0.25) is 0 Å². The Bertz CT molecular complexity index is 4870. The van der Waals surface area contributed by atoms with Gasteiger partial charge in [-0.3, -0.25) is 0 Å². The van der Waals surface area contributed by atoms with Gasteiger partial charge in [-0.25, -0.2) is 0 Å². The van der Waals surface area contributed by atoms with E-state index in [1.54, 1.807) is 54.7 Å². The number of nitrogens with zero attached hydrogens (tertiary/aromatic N) is 5. The van der Waals surface area contributed by atoms with Gasteiger partial charge in [-0.15, -0.1) is 0 Å². The number of rotatable bonds is 8. The third-order valence-electron chi connectivity index (χ3n) is 13.1. The van der Waals surface area contributed by atoms with Gasteiger partial charge in [0.25, 0.3) is 0 Å². The number of benzene rings is 9. The molecule has 0 unspecified atom stereocenters. The fraction of sp³-hybridized carbons (Fsp3) is 0.0769. The van der Waals surface area contributed by atoms with Crippen LogP contribution in [0.1, 0.15) is 49.7 Å². The molecule has 7 heteroatoms. The van der Waals surface area contributed by atoms with Crippen LogP contribution in [0.4, 0.5) is 0 Å². The molecular formula is C65H47N5OPt-2. The van der Waals surface area contributed by atoms with Crippen molar-refractivity contribution in [2.24, 2.45) is 0 Å². The summed E-state index contributed by atoms with van der Waals surface area (Å²) in [6, 6.07) is 45.9. The first kappa shape index (κ1) is 31.8. The number of ether oxygens (including phenoxy) is 1. The third kappa shape index (κ3) is 7.28. The summed E-state index contributed by atoms with van der Waals surface area (Å²) in [6.07, 6.45) is 1.76. The predicted molar refractivity (Wildman–Crippen MR) is 291 cm³/mol. The van der Waals surface area contributed by atoms with Gasteiger partial charge in [0.1, 0.15) is 0 Å². The molecule has 4 aromatic heterocycles.